The molecule has 0 aliphatic heterocycles. The van der Waals surface area contributed by atoms with Gasteiger partial charge < -0.3 is 5.32 Å². The molecule has 1 aromatic carbocycles. The largest absolute Gasteiger partial charge is 0.313 e. The summed E-state index contributed by atoms with van der Waals surface area (Å²) in [6, 6.07) is 8.32. The first-order valence-corrected chi connectivity index (χ1v) is 6.86. The highest BCUT2D eigenvalue weighted by molar-refractivity contribution is 7.99. The van der Waals surface area contributed by atoms with Crippen LogP contribution in [-0.2, 0) is 6.54 Å². The number of aryl methyl sites for hydroxylation is 1. The van der Waals surface area contributed by atoms with Gasteiger partial charge in [-0.05, 0) is 42.9 Å². The lowest BCUT2D eigenvalue weighted by Crippen LogP contribution is -2.12. The van der Waals surface area contributed by atoms with E-state index in [1.165, 1.54) is 16.0 Å². The van der Waals surface area contributed by atoms with Crippen LogP contribution in [0.5, 0.6) is 0 Å². The van der Waals surface area contributed by atoms with Gasteiger partial charge in [0.15, 0.2) is 5.16 Å². The molecule has 0 radical (unpaired) electrons. The Kier molecular flexibility index (Phi) is 4.73. The molecule has 0 spiro atoms. The standard InChI is InChI=1S/C14H17N3S/c1-3-15-10-12-9-11(2)5-6-13(12)18-14-16-7-4-8-17-14/h4-9,15H,3,10H2,1-2H3. The van der Waals surface area contributed by atoms with Crippen molar-refractivity contribution in [2.75, 3.05) is 6.54 Å². The molecule has 3 nitrogen and oxygen atoms in total. The van der Waals surface area contributed by atoms with E-state index in [2.05, 4.69) is 47.3 Å². The van der Waals surface area contributed by atoms with Gasteiger partial charge in [0.25, 0.3) is 0 Å². The molecule has 0 bridgehead atoms. The van der Waals surface area contributed by atoms with E-state index in [0.29, 0.717) is 0 Å². The molecule has 1 aromatic heterocycles. The number of hydrogen-bond acceptors (Lipinski definition) is 4. The number of nitrogens with zero attached hydrogens (tertiary/aromatic N) is 2. The third kappa shape index (κ3) is 3.55. The summed E-state index contributed by atoms with van der Waals surface area (Å²) in [6.07, 6.45) is 3.54. The third-order valence-corrected chi connectivity index (χ3v) is 3.54. The highest BCUT2D eigenvalue weighted by Gasteiger charge is 2.06. The second-order valence-corrected chi connectivity index (χ2v) is 5.03. The molecule has 2 aromatic rings. The Labute approximate surface area is 112 Å². The van der Waals surface area contributed by atoms with Gasteiger partial charge in [0.2, 0.25) is 0 Å². The average Bonchev–Trinajstić information content (AvgIpc) is 2.40. The topological polar surface area (TPSA) is 37.8 Å². The third-order valence-electron chi connectivity index (χ3n) is 2.52. The van der Waals surface area contributed by atoms with Gasteiger partial charge in [0.1, 0.15) is 0 Å². The monoisotopic (exact) mass is 259 g/mol. The molecular weight excluding hydrogens is 242 g/mol. The highest BCUT2D eigenvalue weighted by atomic mass is 32.2. The molecule has 4 heteroatoms. The van der Waals surface area contributed by atoms with Gasteiger partial charge in [-0.25, -0.2) is 9.97 Å². The average molecular weight is 259 g/mol. The summed E-state index contributed by atoms with van der Waals surface area (Å²) in [5.74, 6) is 0. The highest BCUT2D eigenvalue weighted by Crippen LogP contribution is 2.28. The second kappa shape index (κ2) is 6.52. The van der Waals surface area contributed by atoms with Gasteiger partial charge in [-0.3, -0.25) is 0 Å². The summed E-state index contributed by atoms with van der Waals surface area (Å²) in [5, 5.41) is 4.15. The van der Waals surface area contributed by atoms with Crippen LogP contribution in [0.15, 0.2) is 46.7 Å². The van der Waals surface area contributed by atoms with E-state index in [9.17, 15) is 0 Å². The fourth-order valence-electron chi connectivity index (χ4n) is 1.64. The van der Waals surface area contributed by atoms with Gasteiger partial charge in [0, 0.05) is 23.8 Å². The zero-order valence-corrected chi connectivity index (χ0v) is 11.5. The van der Waals surface area contributed by atoms with Crippen molar-refractivity contribution in [2.45, 2.75) is 30.4 Å². The summed E-state index contributed by atoms with van der Waals surface area (Å²) in [7, 11) is 0. The van der Waals surface area contributed by atoms with Crippen molar-refractivity contribution < 1.29 is 0 Å². The summed E-state index contributed by atoms with van der Waals surface area (Å²) in [4.78, 5) is 9.71. The number of hydrogen-bond donors (Lipinski definition) is 1. The normalized spacial score (nSPS) is 10.6. The van der Waals surface area contributed by atoms with Crippen LogP contribution in [0.1, 0.15) is 18.1 Å². The van der Waals surface area contributed by atoms with Crippen molar-refractivity contribution in [1.82, 2.24) is 15.3 Å². The Morgan fingerprint density at radius 2 is 2.00 bits per heavy atom. The van der Waals surface area contributed by atoms with E-state index in [1.54, 1.807) is 24.2 Å². The fourth-order valence-corrected chi connectivity index (χ4v) is 2.46. The molecule has 0 aliphatic carbocycles. The molecule has 0 saturated heterocycles. The predicted molar refractivity (Wildman–Crippen MR) is 74.7 cm³/mol. The minimum absolute atomic E-state index is 0.791. The molecule has 0 saturated carbocycles. The van der Waals surface area contributed by atoms with E-state index in [4.69, 9.17) is 0 Å². The first-order chi connectivity index (χ1) is 8.79. The van der Waals surface area contributed by atoms with Gasteiger partial charge in [-0.15, -0.1) is 0 Å². The number of aromatic nitrogens is 2. The van der Waals surface area contributed by atoms with E-state index in [-0.39, 0.29) is 0 Å². The van der Waals surface area contributed by atoms with Gasteiger partial charge in [-0.1, -0.05) is 24.6 Å². The van der Waals surface area contributed by atoms with Gasteiger partial charge >= 0.3 is 0 Å². The molecule has 0 unspecified atom stereocenters. The fraction of sp³-hybridized carbons (Fsp3) is 0.286. The summed E-state index contributed by atoms with van der Waals surface area (Å²) in [6.45, 7) is 6.08. The Bertz CT molecular complexity index is 500. The van der Waals surface area contributed by atoms with Crippen molar-refractivity contribution in [3.8, 4) is 0 Å². The lowest BCUT2D eigenvalue weighted by atomic mass is 10.1. The number of nitrogens with one attached hydrogen (secondary N) is 1. The minimum atomic E-state index is 0.791. The zero-order chi connectivity index (χ0) is 12.8. The lowest BCUT2D eigenvalue weighted by molar-refractivity contribution is 0.717. The predicted octanol–water partition coefficient (Wildman–Crippen LogP) is 3.05. The van der Waals surface area contributed by atoms with Crippen LogP contribution in [0, 0.1) is 6.92 Å². The number of benzene rings is 1. The molecule has 94 valence electrons. The van der Waals surface area contributed by atoms with Crippen LogP contribution in [0.25, 0.3) is 0 Å². The minimum Gasteiger partial charge on any atom is -0.313 e. The van der Waals surface area contributed by atoms with Crippen LogP contribution in [0.3, 0.4) is 0 Å². The van der Waals surface area contributed by atoms with Gasteiger partial charge in [0.05, 0.1) is 0 Å². The molecule has 18 heavy (non-hydrogen) atoms. The van der Waals surface area contributed by atoms with Crippen LogP contribution in [0.4, 0.5) is 0 Å². The molecule has 0 amide bonds. The smallest absolute Gasteiger partial charge is 0.192 e. The maximum Gasteiger partial charge on any atom is 0.192 e. The SMILES string of the molecule is CCNCc1cc(C)ccc1Sc1ncccn1. The van der Waals surface area contributed by atoms with Crippen molar-refractivity contribution in [1.29, 1.82) is 0 Å². The Morgan fingerprint density at radius 3 is 2.72 bits per heavy atom. The molecule has 0 fully saturated rings. The zero-order valence-electron chi connectivity index (χ0n) is 10.7. The molecule has 0 atom stereocenters. The first-order valence-electron chi connectivity index (χ1n) is 6.04. The first kappa shape index (κ1) is 13.1. The summed E-state index contributed by atoms with van der Waals surface area (Å²) in [5.41, 5.74) is 2.58. The molecular formula is C14H17N3S. The molecule has 2 rings (SSSR count). The van der Waals surface area contributed by atoms with Crippen molar-refractivity contribution in [3.63, 3.8) is 0 Å². The van der Waals surface area contributed by atoms with Crippen LogP contribution in [-0.4, -0.2) is 16.5 Å². The van der Waals surface area contributed by atoms with E-state index in [0.717, 1.165) is 18.2 Å². The maximum absolute atomic E-state index is 4.25. The quantitative estimate of drug-likeness (QED) is 0.838. The lowest BCUT2D eigenvalue weighted by Gasteiger charge is -2.09. The molecule has 1 N–H and O–H groups in total. The summed E-state index contributed by atoms with van der Waals surface area (Å²) >= 11 is 1.61. The van der Waals surface area contributed by atoms with Crippen LogP contribution in [0.2, 0.25) is 0 Å². The van der Waals surface area contributed by atoms with Crippen molar-refractivity contribution in [3.05, 3.63) is 47.8 Å². The van der Waals surface area contributed by atoms with Gasteiger partial charge in [-0.2, -0.15) is 0 Å². The maximum atomic E-state index is 4.25. The molecule has 0 aliphatic rings. The van der Waals surface area contributed by atoms with E-state index < -0.39 is 0 Å². The van der Waals surface area contributed by atoms with Crippen molar-refractivity contribution in [2.24, 2.45) is 0 Å². The number of rotatable bonds is 5. The molecule has 1 heterocycles. The van der Waals surface area contributed by atoms with E-state index in [1.807, 2.05) is 6.07 Å². The van der Waals surface area contributed by atoms with E-state index >= 15 is 0 Å². The Hall–Kier alpha value is -1.39. The van der Waals surface area contributed by atoms with Crippen molar-refractivity contribution >= 4 is 11.8 Å². The Balaban J connectivity index is 2.21. The Morgan fingerprint density at radius 1 is 1.22 bits per heavy atom. The second-order valence-electron chi connectivity index (χ2n) is 4.02. The van der Waals surface area contributed by atoms with Crippen LogP contribution < -0.4 is 5.32 Å². The summed E-state index contributed by atoms with van der Waals surface area (Å²) < 4.78 is 0. The van der Waals surface area contributed by atoms with Crippen LogP contribution >= 0.6 is 11.8 Å².